The van der Waals surface area contributed by atoms with Crippen LogP contribution in [0.2, 0.25) is 0 Å². The summed E-state index contributed by atoms with van der Waals surface area (Å²) in [5, 5.41) is 0. The molecule has 4 heteroatoms. The van der Waals surface area contributed by atoms with E-state index in [4.69, 9.17) is 0 Å². The summed E-state index contributed by atoms with van der Waals surface area (Å²) in [5.41, 5.74) is 3.05. The first-order valence-electron chi connectivity index (χ1n) is 3.61. The molecule has 0 atom stereocenters. The molecule has 0 bridgehead atoms. The van der Waals surface area contributed by atoms with Gasteiger partial charge in [-0.3, -0.25) is 10.1 Å². The van der Waals surface area contributed by atoms with E-state index in [1.807, 2.05) is 29.2 Å². The molecule has 0 aromatic carbocycles. The van der Waals surface area contributed by atoms with E-state index < -0.39 is 0 Å². The summed E-state index contributed by atoms with van der Waals surface area (Å²) in [6.07, 6.45) is 7.01. The van der Waals surface area contributed by atoms with Gasteiger partial charge in [0.25, 0.3) is 0 Å². The average molecular weight is 160 g/mol. The van der Waals surface area contributed by atoms with Gasteiger partial charge in [-0.25, -0.2) is 9.97 Å². The summed E-state index contributed by atoms with van der Waals surface area (Å²) in [6.45, 7) is 0. The van der Waals surface area contributed by atoms with Crippen LogP contribution in [-0.4, -0.2) is 14.6 Å². The van der Waals surface area contributed by atoms with E-state index in [9.17, 15) is 0 Å². The number of aromatic nitrogens is 3. The molecule has 0 fully saturated rings. The van der Waals surface area contributed by atoms with Gasteiger partial charge < -0.3 is 0 Å². The lowest BCUT2D eigenvalue weighted by molar-refractivity contribution is 0.946. The number of anilines is 1. The first-order chi connectivity index (χ1) is 5.95. The van der Waals surface area contributed by atoms with Crippen molar-refractivity contribution in [2.45, 2.75) is 0 Å². The largest absolute Gasteiger partial charge is 0.278 e. The second-order valence-corrected chi connectivity index (χ2v) is 2.30. The lowest BCUT2D eigenvalue weighted by Crippen LogP contribution is -2.06. The fraction of sp³-hybridized carbons (Fsp3) is 0. The van der Waals surface area contributed by atoms with Crippen LogP contribution in [0.1, 0.15) is 0 Å². The third-order valence-corrected chi connectivity index (χ3v) is 1.43. The van der Waals surface area contributed by atoms with E-state index >= 15 is 0 Å². The van der Waals surface area contributed by atoms with Crippen LogP contribution in [0.3, 0.4) is 0 Å². The maximum absolute atomic E-state index is 4.01. The van der Waals surface area contributed by atoms with E-state index in [0.29, 0.717) is 0 Å². The molecule has 0 unspecified atom stereocenters. The van der Waals surface area contributed by atoms with E-state index in [1.165, 1.54) is 6.33 Å². The summed E-state index contributed by atoms with van der Waals surface area (Å²) >= 11 is 0. The molecule has 0 aliphatic rings. The van der Waals surface area contributed by atoms with Crippen molar-refractivity contribution in [3.63, 3.8) is 0 Å². The Bertz CT molecular complexity index is 327. The molecule has 0 amide bonds. The van der Waals surface area contributed by atoms with Gasteiger partial charge in [0.05, 0.1) is 0 Å². The normalized spacial score (nSPS) is 9.67. The molecule has 12 heavy (non-hydrogen) atoms. The van der Waals surface area contributed by atoms with Crippen molar-refractivity contribution < 1.29 is 0 Å². The predicted octanol–water partition coefficient (Wildman–Crippen LogP) is 1.15. The van der Waals surface area contributed by atoms with Crippen LogP contribution in [0, 0.1) is 0 Å². The molecular formula is C8H8N4. The molecule has 0 radical (unpaired) electrons. The lowest BCUT2D eigenvalue weighted by atomic mass is 10.6. The smallest absolute Gasteiger partial charge is 0.148 e. The van der Waals surface area contributed by atoms with Gasteiger partial charge in [-0.2, -0.15) is 0 Å². The molecular weight excluding hydrogens is 152 g/mol. The number of hydrogen-bond donors (Lipinski definition) is 1. The van der Waals surface area contributed by atoms with E-state index in [0.717, 1.165) is 5.82 Å². The average Bonchev–Trinajstić information content (AvgIpc) is 2.59. The van der Waals surface area contributed by atoms with Gasteiger partial charge in [0.2, 0.25) is 0 Å². The molecule has 4 nitrogen and oxygen atoms in total. The maximum Gasteiger partial charge on any atom is 0.148 e. The molecule has 0 saturated carbocycles. The van der Waals surface area contributed by atoms with Crippen LogP contribution in [0.15, 0.2) is 43.1 Å². The quantitative estimate of drug-likeness (QED) is 0.716. The van der Waals surface area contributed by atoms with Crippen LogP contribution in [0.5, 0.6) is 0 Å². The molecule has 0 aliphatic heterocycles. The Morgan fingerprint density at radius 1 is 1.25 bits per heavy atom. The SMILES string of the molecule is c1ccn(Nc2ccncn2)c1. The van der Waals surface area contributed by atoms with Gasteiger partial charge in [-0.05, 0) is 12.1 Å². The molecule has 1 N–H and O–H groups in total. The van der Waals surface area contributed by atoms with Gasteiger partial charge in [0, 0.05) is 24.7 Å². The zero-order valence-corrected chi connectivity index (χ0v) is 6.38. The second kappa shape index (κ2) is 3.04. The molecule has 2 heterocycles. The first-order valence-corrected chi connectivity index (χ1v) is 3.61. The van der Waals surface area contributed by atoms with E-state index in [-0.39, 0.29) is 0 Å². The van der Waals surface area contributed by atoms with Crippen molar-refractivity contribution in [1.82, 2.24) is 14.6 Å². The summed E-state index contributed by atoms with van der Waals surface area (Å²) in [6, 6.07) is 5.68. The summed E-state index contributed by atoms with van der Waals surface area (Å²) in [4.78, 5) is 7.82. The Morgan fingerprint density at radius 2 is 2.08 bits per heavy atom. The van der Waals surface area contributed by atoms with Crippen LogP contribution < -0.4 is 5.43 Å². The Morgan fingerprint density at radius 3 is 2.75 bits per heavy atom. The van der Waals surface area contributed by atoms with Crippen molar-refractivity contribution in [2.75, 3.05) is 5.43 Å². The molecule has 2 aromatic heterocycles. The standard InChI is InChI=1S/C8H8N4/c1-2-6-12(5-1)11-8-3-4-9-7-10-8/h1-7H,(H,9,10,11). The summed E-state index contributed by atoms with van der Waals surface area (Å²) in [7, 11) is 0. The molecule has 60 valence electrons. The fourth-order valence-corrected chi connectivity index (χ4v) is 0.898. The Balaban J connectivity index is 2.15. The zero-order chi connectivity index (χ0) is 8.23. The Hall–Kier alpha value is -1.84. The molecule has 0 spiro atoms. The summed E-state index contributed by atoms with van der Waals surface area (Å²) < 4.78 is 1.82. The number of hydrogen-bond acceptors (Lipinski definition) is 3. The Kier molecular flexibility index (Phi) is 1.74. The van der Waals surface area contributed by atoms with E-state index in [2.05, 4.69) is 15.4 Å². The van der Waals surface area contributed by atoms with Crippen molar-refractivity contribution >= 4 is 5.82 Å². The molecule has 2 aromatic rings. The van der Waals surface area contributed by atoms with Crippen molar-refractivity contribution in [3.05, 3.63) is 43.1 Å². The Labute approximate surface area is 69.9 Å². The topological polar surface area (TPSA) is 42.7 Å². The number of nitrogens with one attached hydrogen (secondary N) is 1. The minimum atomic E-state index is 0.779. The first kappa shape index (κ1) is 6.84. The van der Waals surface area contributed by atoms with Crippen molar-refractivity contribution in [1.29, 1.82) is 0 Å². The van der Waals surface area contributed by atoms with Crippen LogP contribution in [0.25, 0.3) is 0 Å². The third-order valence-electron chi connectivity index (χ3n) is 1.43. The van der Waals surface area contributed by atoms with Crippen LogP contribution in [0.4, 0.5) is 5.82 Å². The highest BCUT2D eigenvalue weighted by Crippen LogP contribution is 1.98. The lowest BCUT2D eigenvalue weighted by Gasteiger charge is -2.04. The number of nitrogens with zero attached hydrogens (tertiary/aromatic N) is 3. The maximum atomic E-state index is 4.01. The fourth-order valence-electron chi connectivity index (χ4n) is 0.898. The van der Waals surface area contributed by atoms with Gasteiger partial charge >= 0.3 is 0 Å². The van der Waals surface area contributed by atoms with Crippen molar-refractivity contribution in [3.8, 4) is 0 Å². The van der Waals surface area contributed by atoms with Gasteiger partial charge in [0.15, 0.2) is 0 Å². The highest BCUT2D eigenvalue weighted by atomic mass is 15.4. The predicted molar refractivity (Wildman–Crippen MR) is 45.5 cm³/mol. The van der Waals surface area contributed by atoms with Gasteiger partial charge in [-0.15, -0.1) is 0 Å². The van der Waals surface area contributed by atoms with E-state index in [1.54, 1.807) is 12.3 Å². The number of rotatable bonds is 2. The van der Waals surface area contributed by atoms with Gasteiger partial charge in [0.1, 0.15) is 12.1 Å². The molecule has 0 aliphatic carbocycles. The zero-order valence-electron chi connectivity index (χ0n) is 6.38. The summed E-state index contributed by atoms with van der Waals surface area (Å²) in [5.74, 6) is 0.779. The monoisotopic (exact) mass is 160 g/mol. The highest BCUT2D eigenvalue weighted by Gasteiger charge is 1.89. The van der Waals surface area contributed by atoms with Crippen molar-refractivity contribution in [2.24, 2.45) is 0 Å². The molecule has 2 rings (SSSR count). The molecule has 0 saturated heterocycles. The van der Waals surface area contributed by atoms with Crippen LogP contribution in [-0.2, 0) is 0 Å². The highest BCUT2D eigenvalue weighted by molar-refractivity contribution is 5.31. The minimum absolute atomic E-state index is 0.779. The van der Waals surface area contributed by atoms with Gasteiger partial charge in [-0.1, -0.05) is 0 Å². The minimum Gasteiger partial charge on any atom is -0.278 e. The second-order valence-electron chi connectivity index (χ2n) is 2.30. The van der Waals surface area contributed by atoms with Crippen LogP contribution >= 0.6 is 0 Å². The third kappa shape index (κ3) is 1.42.